The molecule has 116 valence electrons. The molecule has 0 spiro atoms. The normalized spacial score (nSPS) is 10.4. The number of ether oxygens (including phenoxy) is 2. The molecule has 0 bridgehead atoms. The number of rotatable bonds is 4. The quantitative estimate of drug-likeness (QED) is 0.626. The van der Waals surface area contributed by atoms with E-state index in [2.05, 4.69) is 4.98 Å². The average Bonchev–Trinajstić information content (AvgIpc) is 2.62. The molecule has 0 radical (unpaired) electrons. The van der Waals surface area contributed by atoms with Crippen molar-refractivity contribution < 1.29 is 9.47 Å². The summed E-state index contributed by atoms with van der Waals surface area (Å²) >= 11 is 6.28. The van der Waals surface area contributed by atoms with Crippen LogP contribution in [-0.4, -0.2) is 19.2 Å². The van der Waals surface area contributed by atoms with Gasteiger partial charge in [0.05, 0.1) is 14.2 Å². The first-order valence-electron chi connectivity index (χ1n) is 7.15. The fourth-order valence-corrected chi connectivity index (χ4v) is 2.57. The van der Waals surface area contributed by atoms with Gasteiger partial charge in [0.25, 0.3) is 0 Å². The smallest absolute Gasteiger partial charge is 0.136 e. The summed E-state index contributed by atoms with van der Waals surface area (Å²) in [6.07, 6.45) is 1.77. The Hall–Kier alpha value is -2.52. The Labute approximate surface area is 140 Å². The number of pyridine rings is 1. The average molecular weight is 326 g/mol. The van der Waals surface area contributed by atoms with Crippen molar-refractivity contribution in [3.8, 4) is 33.8 Å². The Morgan fingerprint density at radius 3 is 1.78 bits per heavy atom. The van der Waals surface area contributed by atoms with Gasteiger partial charge in [-0.1, -0.05) is 35.9 Å². The number of hydrogen-bond acceptors (Lipinski definition) is 3. The SMILES string of the molecule is COc1ccc(-c2cnc(Cl)c(-c3ccc(OC)cc3)c2)cc1. The fraction of sp³-hybridized carbons (Fsp3) is 0.105. The largest absolute Gasteiger partial charge is 0.497 e. The number of benzene rings is 2. The van der Waals surface area contributed by atoms with Crippen molar-refractivity contribution >= 4 is 11.6 Å². The van der Waals surface area contributed by atoms with E-state index < -0.39 is 0 Å². The van der Waals surface area contributed by atoms with Crippen molar-refractivity contribution in [2.75, 3.05) is 14.2 Å². The van der Waals surface area contributed by atoms with Crippen LogP contribution in [0.1, 0.15) is 0 Å². The molecule has 0 N–H and O–H groups in total. The molecular formula is C19H16ClNO2. The molecule has 0 amide bonds. The van der Waals surface area contributed by atoms with Crippen molar-refractivity contribution in [3.63, 3.8) is 0 Å². The van der Waals surface area contributed by atoms with E-state index in [1.54, 1.807) is 20.4 Å². The number of nitrogens with zero attached hydrogens (tertiary/aromatic N) is 1. The van der Waals surface area contributed by atoms with Crippen molar-refractivity contribution in [2.24, 2.45) is 0 Å². The van der Waals surface area contributed by atoms with Crippen LogP contribution in [0.3, 0.4) is 0 Å². The standard InChI is InChI=1S/C19H16ClNO2/c1-22-16-7-3-13(4-8-16)15-11-18(19(20)21-12-15)14-5-9-17(23-2)10-6-14/h3-12H,1-2H3. The lowest BCUT2D eigenvalue weighted by Crippen LogP contribution is -1.88. The van der Waals surface area contributed by atoms with Gasteiger partial charge in [0.2, 0.25) is 0 Å². The molecule has 4 heteroatoms. The maximum absolute atomic E-state index is 6.28. The number of methoxy groups -OCH3 is 2. The van der Waals surface area contributed by atoms with Crippen LogP contribution in [0.5, 0.6) is 11.5 Å². The van der Waals surface area contributed by atoms with Crippen LogP contribution in [0.2, 0.25) is 5.15 Å². The summed E-state index contributed by atoms with van der Waals surface area (Å²) in [5, 5.41) is 0.479. The monoisotopic (exact) mass is 325 g/mol. The predicted molar refractivity (Wildman–Crippen MR) is 93.2 cm³/mol. The Bertz CT molecular complexity index is 799. The Balaban J connectivity index is 2.00. The van der Waals surface area contributed by atoms with E-state index in [-0.39, 0.29) is 0 Å². The fourth-order valence-electron chi connectivity index (χ4n) is 2.36. The highest BCUT2D eigenvalue weighted by Gasteiger charge is 2.08. The third kappa shape index (κ3) is 3.30. The van der Waals surface area contributed by atoms with Gasteiger partial charge in [-0.2, -0.15) is 0 Å². The van der Waals surface area contributed by atoms with Gasteiger partial charge in [-0.25, -0.2) is 4.98 Å². The molecular weight excluding hydrogens is 310 g/mol. The minimum Gasteiger partial charge on any atom is -0.497 e. The van der Waals surface area contributed by atoms with Gasteiger partial charge in [-0.05, 0) is 41.5 Å². The molecule has 0 saturated carbocycles. The summed E-state index contributed by atoms with van der Waals surface area (Å²) in [5.74, 6) is 1.63. The van der Waals surface area contributed by atoms with E-state index in [1.807, 2.05) is 54.6 Å². The Morgan fingerprint density at radius 2 is 1.26 bits per heavy atom. The zero-order chi connectivity index (χ0) is 16.2. The molecule has 1 aromatic heterocycles. The van der Waals surface area contributed by atoms with E-state index in [0.29, 0.717) is 5.15 Å². The highest BCUT2D eigenvalue weighted by Crippen LogP contribution is 2.32. The molecule has 23 heavy (non-hydrogen) atoms. The minimum atomic E-state index is 0.479. The van der Waals surface area contributed by atoms with E-state index in [1.165, 1.54) is 0 Å². The van der Waals surface area contributed by atoms with E-state index in [9.17, 15) is 0 Å². The molecule has 0 fully saturated rings. The van der Waals surface area contributed by atoms with Crippen molar-refractivity contribution in [3.05, 3.63) is 65.9 Å². The van der Waals surface area contributed by atoms with Crippen LogP contribution in [-0.2, 0) is 0 Å². The van der Waals surface area contributed by atoms with Crippen LogP contribution in [0.25, 0.3) is 22.3 Å². The molecule has 2 aromatic carbocycles. The number of halogens is 1. The highest BCUT2D eigenvalue weighted by molar-refractivity contribution is 6.32. The second-order valence-corrected chi connectivity index (χ2v) is 5.38. The summed E-state index contributed by atoms with van der Waals surface area (Å²) in [4.78, 5) is 4.32. The van der Waals surface area contributed by atoms with Gasteiger partial charge >= 0.3 is 0 Å². The third-order valence-electron chi connectivity index (χ3n) is 3.66. The molecule has 1 heterocycles. The van der Waals surface area contributed by atoms with Gasteiger partial charge in [0, 0.05) is 17.3 Å². The molecule has 3 nitrogen and oxygen atoms in total. The second kappa shape index (κ2) is 6.71. The van der Waals surface area contributed by atoms with E-state index in [4.69, 9.17) is 21.1 Å². The zero-order valence-corrected chi connectivity index (χ0v) is 13.7. The highest BCUT2D eigenvalue weighted by atomic mass is 35.5. The van der Waals surface area contributed by atoms with Gasteiger partial charge in [-0.15, -0.1) is 0 Å². The number of aromatic nitrogens is 1. The molecule has 0 aliphatic heterocycles. The summed E-state index contributed by atoms with van der Waals surface area (Å²) < 4.78 is 10.4. The molecule has 0 saturated heterocycles. The molecule has 3 rings (SSSR count). The van der Waals surface area contributed by atoms with Gasteiger partial charge in [0.15, 0.2) is 0 Å². The first-order chi connectivity index (χ1) is 11.2. The van der Waals surface area contributed by atoms with E-state index >= 15 is 0 Å². The molecule has 0 unspecified atom stereocenters. The lowest BCUT2D eigenvalue weighted by Gasteiger charge is -2.09. The van der Waals surface area contributed by atoms with Crippen LogP contribution in [0, 0.1) is 0 Å². The molecule has 0 atom stereocenters. The van der Waals surface area contributed by atoms with Gasteiger partial charge < -0.3 is 9.47 Å². The second-order valence-electron chi connectivity index (χ2n) is 5.02. The van der Waals surface area contributed by atoms with Crippen LogP contribution in [0.4, 0.5) is 0 Å². The molecule has 0 aliphatic rings. The lowest BCUT2D eigenvalue weighted by molar-refractivity contribution is 0.415. The van der Waals surface area contributed by atoms with Crippen LogP contribution >= 0.6 is 11.6 Å². The minimum absolute atomic E-state index is 0.479. The topological polar surface area (TPSA) is 31.4 Å². The maximum Gasteiger partial charge on any atom is 0.136 e. The van der Waals surface area contributed by atoms with E-state index in [0.717, 1.165) is 33.8 Å². The lowest BCUT2D eigenvalue weighted by atomic mass is 10.0. The van der Waals surface area contributed by atoms with Crippen LogP contribution in [0.15, 0.2) is 60.8 Å². The van der Waals surface area contributed by atoms with Crippen molar-refractivity contribution in [1.29, 1.82) is 0 Å². The predicted octanol–water partition coefficient (Wildman–Crippen LogP) is 5.09. The van der Waals surface area contributed by atoms with Crippen LogP contribution < -0.4 is 9.47 Å². The first-order valence-corrected chi connectivity index (χ1v) is 7.53. The first kappa shape index (κ1) is 15.4. The summed E-state index contributed by atoms with van der Waals surface area (Å²) in [7, 11) is 3.30. The van der Waals surface area contributed by atoms with Gasteiger partial charge in [-0.3, -0.25) is 0 Å². The molecule has 0 aliphatic carbocycles. The third-order valence-corrected chi connectivity index (χ3v) is 3.96. The molecule has 3 aromatic rings. The van der Waals surface area contributed by atoms with Crippen molar-refractivity contribution in [1.82, 2.24) is 4.98 Å². The maximum atomic E-state index is 6.28. The van der Waals surface area contributed by atoms with Gasteiger partial charge in [0.1, 0.15) is 16.7 Å². The Morgan fingerprint density at radius 1 is 0.739 bits per heavy atom. The Kier molecular flexibility index (Phi) is 4.49. The summed E-state index contributed by atoms with van der Waals surface area (Å²) in [6.45, 7) is 0. The summed E-state index contributed by atoms with van der Waals surface area (Å²) in [6, 6.07) is 17.7. The zero-order valence-electron chi connectivity index (χ0n) is 12.9. The number of hydrogen-bond donors (Lipinski definition) is 0. The van der Waals surface area contributed by atoms with Crippen molar-refractivity contribution in [2.45, 2.75) is 0 Å². The summed E-state index contributed by atoms with van der Waals surface area (Å²) in [5.41, 5.74) is 3.95.